The summed E-state index contributed by atoms with van der Waals surface area (Å²) in [5, 5.41) is 3.23. The monoisotopic (exact) mass is 238 g/mol. The van der Waals surface area contributed by atoms with Crippen LogP contribution in [0.5, 0.6) is 0 Å². The molecule has 1 rings (SSSR count). The number of anilines is 1. The summed E-state index contributed by atoms with van der Waals surface area (Å²) in [6.07, 6.45) is 3.41. The van der Waals surface area contributed by atoms with Crippen LogP contribution >= 0.6 is 0 Å². The van der Waals surface area contributed by atoms with Crippen LogP contribution in [0.4, 0.5) is 5.82 Å². The molecule has 96 valence electrons. The Morgan fingerprint density at radius 2 is 2.24 bits per heavy atom. The van der Waals surface area contributed by atoms with Crippen molar-refractivity contribution < 1.29 is 0 Å². The highest BCUT2D eigenvalue weighted by molar-refractivity contribution is 5.34. The second-order valence-corrected chi connectivity index (χ2v) is 4.33. The number of hydrogen-bond donors (Lipinski definition) is 1. The highest BCUT2D eigenvalue weighted by Crippen LogP contribution is 2.04. The summed E-state index contributed by atoms with van der Waals surface area (Å²) >= 11 is 0. The van der Waals surface area contributed by atoms with E-state index >= 15 is 0 Å². The van der Waals surface area contributed by atoms with E-state index < -0.39 is 0 Å². The Morgan fingerprint density at radius 1 is 1.53 bits per heavy atom. The minimum Gasteiger partial charge on any atom is -0.354 e. The highest BCUT2D eigenvalue weighted by Gasteiger charge is 2.10. The molecule has 17 heavy (non-hydrogen) atoms. The summed E-state index contributed by atoms with van der Waals surface area (Å²) in [5.41, 5.74) is -0.0264. The molecular formula is C12H22N4O. The first-order valence-electron chi connectivity index (χ1n) is 6.07. The number of nitrogens with one attached hydrogen (secondary N) is 1. The highest BCUT2D eigenvalue weighted by atomic mass is 16.1. The van der Waals surface area contributed by atoms with E-state index in [0.29, 0.717) is 5.82 Å². The van der Waals surface area contributed by atoms with Gasteiger partial charge in [0.25, 0.3) is 5.56 Å². The summed E-state index contributed by atoms with van der Waals surface area (Å²) in [7, 11) is 1.89. The summed E-state index contributed by atoms with van der Waals surface area (Å²) in [4.78, 5) is 18.2. The third-order valence-corrected chi connectivity index (χ3v) is 2.64. The van der Waals surface area contributed by atoms with Crippen molar-refractivity contribution in [2.24, 2.45) is 0 Å². The summed E-state index contributed by atoms with van der Waals surface area (Å²) < 4.78 is 1.70. The van der Waals surface area contributed by atoms with Crippen molar-refractivity contribution in [1.82, 2.24) is 14.9 Å². The molecule has 0 fully saturated rings. The molecule has 0 radical (unpaired) electrons. The largest absolute Gasteiger partial charge is 0.354 e. The Kier molecular flexibility index (Phi) is 5.15. The zero-order valence-corrected chi connectivity index (χ0v) is 11.1. The predicted molar refractivity (Wildman–Crippen MR) is 70.7 cm³/mol. The number of nitrogens with zero attached hydrogens (tertiary/aromatic N) is 3. The first-order valence-corrected chi connectivity index (χ1v) is 6.07. The van der Waals surface area contributed by atoms with Gasteiger partial charge in [-0.25, -0.2) is 4.98 Å². The van der Waals surface area contributed by atoms with Gasteiger partial charge in [-0.3, -0.25) is 4.79 Å². The van der Waals surface area contributed by atoms with Gasteiger partial charge in [0, 0.05) is 38.6 Å². The molecule has 0 bridgehead atoms. The molecule has 0 spiro atoms. The van der Waals surface area contributed by atoms with Gasteiger partial charge in [-0.15, -0.1) is 0 Å². The summed E-state index contributed by atoms with van der Waals surface area (Å²) in [6, 6.07) is 0.159. The van der Waals surface area contributed by atoms with Crippen molar-refractivity contribution in [2.45, 2.75) is 26.8 Å². The summed E-state index contributed by atoms with van der Waals surface area (Å²) in [6.45, 7) is 8.61. The number of hydrogen-bond acceptors (Lipinski definition) is 4. The van der Waals surface area contributed by atoms with Crippen molar-refractivity contribution in [1.29, 1.82) is 0 Å². The molecule has 1 aromatic rings. The quantitative estimate of drug-likeness (QED) is 0.747. The number of aromatic nitrogens is 2. The standard InChI is InChI=1S/C12H22N4O/c1-5-13-6-8-15(4)11-12(17)16(10(2)3)9-7-14-11/h7,9-10,13H,5-6,8H2,1-4H3. The van der Waals surface area contributed by atoms with E-state index in [0.717, 1.165) is 19.6 Å². The van der Waals surface area contributed by atoms with E-state index in [1.54, 1.807) is 17.0 Å². The SMILES string of the molecule is CCNCCN(C)c1nccn(C(C)C)c1=O. The Hall–Kier alpha value is -1.36. The van der Waals surface area contributed by atoms with Crippen LogP contribution in [0, 0.1) is 0 Å². The van der Waals surface area contributed by atoms with Crippen LogP contribution < -0.4 is 15.8 Å². The van der Waals surface area contributed by atoms with Gasteiger partial charge in [0.2, 0.25) is 0 Å². The van der Waals surface area contributed by atoms with Crippen molar-refractivity contribution in [3.63, 3.8) is 0 Å². The van der Waals surface area contributed by atoms with Crippen LogP contribution in [0.15, 0.2) is 17.2 Å². The normalized spacial score (nSPS) is 10.9. The maximum Gasteiger partial charge on any atom is 0.293 e. The predicted octanol–water partition coefficient (Wildman–Crippen LogP) is 0.870. The number of rotatable bonds is 6. The van der Waals surface area contributed by atoms with Gasteiger partial charge in [0.05, 0.1) is 0 Å². The first kappa shape index (κ1) is 13.7. The zero-order chi connectivity index (χ0) is 12.8. The zero-order valence-electron chi connectivity index (χ0n) is 11.1. The van der Waals surface area contributed by atoms with Crippen LogP contribution in [0.1, 0.15) is 26.8 Å². The second kappa shape index (κ2) is 6.39. The lowest BCUT2D eigenvalue weighted by atomic mass is 10.4. The molecule has 0 aliphatic heterocycles. The molecular weight excluding hydrogens is 216 g/mol. The maximum atomic E-state index is 12.1. The molecule has 0 saturated carbocycles. The first-order chi connectivity index (χ1) is 8.07. The third-order valence-electron chi connectivity index (χ3n) is 2.64. The van der Waals surface area contributed by atoms with E-state index in [4.69, 9.17) is 0 Å². The van der Waals surface area contributed by atoms with E-state index in [2.05, 4.69) is 17.2 Å². The Balaban J connectivity index is 2.83. The molecule has 0 amide bonds. The van der Waals surface area contributed by atoms with Crippen LogP contribution in [0.3, 0.4) is 0 Å². The van der Waals surface area contributed by atoms with Gasteiger partial charge in [0.1, 0.15) is 0 Å². The molecule has 1 heterocycles. The van der Waals surface area contributed by atoms with E-state index in [1.165, 1.54) is 0 Å². The minimum atomic E-state index is -0.0264. The van der Waals surface area contributed by atoms with Crippen molar-refractivity contribution in [3.8, 4) is 0 Å². The van der Waals surface area contributed by atoms with Crippen molar-refractivity contribution >= 4 is 5.82 Å². The molecule has 1 aromatic heterocycles. The van der Waals surface area contributed by atoms with Crippen LogP contribution in [-0.4, -0.2) is 36.2 Å². The Labute approximate surface area is 102 Å². The van der Waals surface area contributed by atoms with Gasteiger partial charge < -0.3 is 14.8 Å². The number of likely N-dealkylation sites (N-methyl/N-ethyl adjacent to an activating group) is 2. The maximum absolute atomic E-state index is 12.1. The molecule has 0 atom stereocenters. The van der Waals surface area contributed by atoms with Crippen LogP contribution in [0.2, 0.25) is 0 Å². The van der Waals surface area contributed by atoms with E-state index in [-0.39, 0.29) is 11.6 Å². The van der Waals surface area contributed by atoms with E-state index in [1.807, 2.05) is 25.8 Å². The van der Waals surface area contributed by atoms with Crippen LogP contribution in [0.25, 0.3) is 0 Å². The van der Waals surface area contributed by atoms with Gasteiger partial charge in [-0.2, -0.15) is 0 Å². The fourth-order valence-corrected chi connectivity index (χ4v) is 1.61. The minimum absolute atomic E-state index is 0.0264. The lowest BCUT2D eigenvalue weighted by molar-refractivity contribution is 0.571. The molecule has 0 aliphatic carbocycles. The van der Waals surface area contributed by atoms with Gasteiger partial charge in [-0.1, -0.05) is 6.92 Å². The molecule has 0 aromatic carbocycles. The Bertz CT molecular complexity index is 400. The molecule has 0 saturated heterocycles. The molecule has 5 heteroatoms. The van der Waals surface area contributed by atoms with Gasteiger partial charge in [-0.05, 0) is 20.4 Å². The second-order valence-electron chi connectivity index (χ2n) is 4.33. The fraction of sp³-hybridized carbons (Fsp3) is 0.667. The molecule has 1 N–H and O–H groups in total. The average molecular weight is 238 g/mol. The summed E-state index contributed by atoms with van der Waals surface area (Å²) in [5.74, 6) is 0.513. The van der Waals surface area contributed by atoms with Crippen LogP contribution in [-0.2, 0) is 0 Å². The van der Waals surface area contributed by atoms with Gasteiger partial charge in [0.15, 0.2) is 5.82 Å². The lowest BCUT2D eigenvalue weighted by Gasteiger charge is -2.19. The molecule has 0 unspecified atom stereocenters. The van der Waals surface area contributed by atoms with Crippen molar-refractivity contribution in [3.05, 3.63) is 22.7 Å². The topological polar surface area (TPSA) is 50.2 Å². The fourth-order valence-electron chi connectivity index (χ4n) is 1.61. The molecule has 0 aliphatic rings. The van der Waals surface area contributed by atoms with Crippen molar-refractivity contribution in [2.75, 3.05) is 31.6 Å². The third kappa shape index (κ3) is 3.56. The van der Waals surface area contributed by atoms with E-state index in [9.17, 15) is 4.79 Å². The lowest BCUT2D eigenvalue weighted by Crippen LogP contribution is -2.35. The van der Waals surface area contributed by atoms with Gasteiger partial charge >= 0.3 is 0 Å². The molecule has 5 nitrogen and oxygen atoms in total. The Morgan fingerprint density at radius 3 is 2.82 bits per heavy atom. The smallest absolute Gasteiger partial charge is 0.293 e. The average Bonchev–Trinajstić information content (AvgIpc) is 2.29.